The number of terminal acetylenes is 1. The van der Waals surface area contributed by atoms with Gasteiger partial charge in [0.15, 0.2) is 0 Å². The minimum atomic E-state index is -1.56. The summed E-state index contributed by atoms with van der Waals surface area (Å²) in [4.78, 5) is 66.9. The molecule has 0 aliphatic heterocycles. The summed E-state index contributed by atoms with van der Waals surface area (Å²) in [6.45, 7) is 13.6. The molecule has 4 amide bonds. The van der Waals surface area contributed by atoms with Gasteiger partial charge in [0, 0.05) is 12.5 Å². The number of ether oxygens (including phenoxy) is 2. The summed E-state index contributed by atoms with van der Waals surface area (Å²) >= 11 is 0. The van der Waals surface area contributed by atoms with Crippen LogP contribution in [0.2, 0.25) is 0 Å². The molecule has 0 heterocycles. The Kier molecular flexibility index (Phi) is 12.3. The zero-order valence-electron chi connectivity index (χ0n) is 27.2. The number of rotatable bonds is 11. The lowest BCUT2D eigenvalue weighted by atomic mass is 9.94. The summed E-state index contributed by atoms with van der Waals surface area (Å²) in [5, 5.41) is 5.10. The SMILES string of the molecule is C#CN(C(=O)C(CC(N)=O)NC(=O)OC(C)(C)C)C(C(=O)NC(Cc1ccccc1)C(=O)OC(C)(C)C)c1cccc(C)c1C. The number of nitrogens with zero attached hydrogens (tertiary/aromatic N) is 1. The fourth-order valence-corrected chi connectivity index (χ4v) is 4.42. The Morgan fingerprint density at radius 3 is 2.00 bits per heavy atom. The van der Waals surface area contributed by atoms with Gasteiger partial charge in [-0.2, -0.15) is 0 Å². The van der Waals surface area contributed by atoms with Crippen LogP contribution in [0.25, 0.3) is 0 Å². The van der Waals surface area contributed by atoms with Crippen LogP contribution >= 0.6 is 0 Å². The highest BCUT2D eigenvalue weighted by molar-refractivity contribution is 5.96. The van der Waals surface area contributed by atoms with E-state index in [-0.39, 0.29) is 6.42 Å². The van der Waals surface area contributed by atoms with Crippen LogP contribution in [0.1, 0.15) is 76.3 Å². The average molecular weight is 621 g/mol. The topological polar surface area (TPSA) is 157 Å². The van der Waals surface area contributed by atoms with Crippen molar-refractivity contribution in [1.29, 1.82) is 0 Å². The number of hydrogen-bond donors (Lipinski definition) is 3. The number of hydrogen-bond acceptors (Lipinski definition) is 7. The Hall–Kier alpha value is -4.85. The summed E-state index contributed by atoms with van der Waals surface area (Å²) in [5.41, 5.74) is 6.24. The molecule has 242 valence electrons. The number of carbonyl (C=O) groups excluding carboxylic acids is 5. The van der Waals surface area contributed by atoms with Gasteiger partial charge in [-0.05, 0) is 77.6 Å². The molecule has 2 aromatic carbocycles. The van der Waals surface area contributed by atoms with Crippen molar-refractivity contribution >= 4 is 29.8 Å². The lowest BCUT2D eigenvalue weighted by Gasteiger charge is -2.32. The number of carbonyl (C=O) groups is 5. The van der Waals surface area contributed by atoms with Crippen molar-refractivity contribution in [3.8, 4) is 12.5 Å². The predicted octanol–water partition coefficient (Wildman–Crippen LogP) is 3.60. The third-order valence-electron chi connectivity index (χ3n) is 6.51. The number of esters is 1. The Bertz CT molecular complexity index is 1440. The molecule has 3 atom stereocenters. The van der Waals surface area contributed by atoms with Crippen molar-refractivity contribution in [3.05, 3.63) is 70.8 Å². The number of nitrogens with one attached hydrogen (secondary N) is 2. The van der Waals surface area contributed by atoms with Crippen LogP contribution in [0.5, 0.6) is 0 Å². The van der Waals surface area contributed by atoms with Gasteiger partial charge in [-0.1, -0.05) is 55.0 Å². The van der Waals surface area contributed by atoms with Crippen molar-refractivity contribution in [2.45, 2.75) is 97.6 Å². The van der Waals surface area contributed by atoms with Gasteiger partial charge in [-0.25, -0.2) is 9.59 Å². The molecule has 11 nitrogen and oxygen atoms in total. The smallest absolute Gasteiger partial charge is 0.408 e. The molecule has 2 aromatic rings. The minimum Gasteiger partial charge on any atom is -0.458 e. The monoisotopic (exact) mass is 620 g/mol. The summed E-state index contributed by atoms with van der Waals surface area (Å²) in [6.07, 6.45) is 4.35. The molecule has 0 radical (unpaired) electrons. The van der Waals surface area contributed by atoms with Gasteiger partial charge < -0.3 is 25.8 Å². The molecule has 0 aliphatic rings. The lowest BCUT2D eigenvalue weighted by Crippen LogP contribution is -2.54. The molecule has 0 fully saturated rings. The third kappa shape index (κ3) is 11.3. The van der Waals surface area contributed by atoms with Crippen molar-refractivity contribution in [2.24, 2.45) is 5.73 Å². The predicted molar refractivity (Wildman–Crippen MR) is 169 cm³/mol. The highest BCUT2D eigenvalue weighted by Gasteiger charge is 2.39. The molecule has 0 aliphatic carbocycles. The molecule has 11 heteroatoms. The van der Waals surface area contributed by atoms with E-state index >= 15 is 0 Å². The Balaban J connectivity index is 2.61. The first-order chi connectivity index (χ1) is 20.8. The van der Waals surface area contributed by atoms with E-state index in [9.17, 15) is 24.0 Å². The highest BCUT2D eigenvalue weighted by atomic mass is 16.6. The van der Waals surface area contributed by atoms with Crippen LogP contribution < -0.4 is 16.4 Å². The van der Waals surface area contributed by atoms with Gasteiger partial charge in [0.1, 0.15) is 29.3 Å². The van der Waals surface area contributed by atoms with Crippen molar-refractivity contribution in [2.75, 3.05) is 0 Å². The number of primary amides is 1. The van der Waals surface area contributed by atoms with Crippen LogP contribution in [0.4, 0.5) is 4.79 Å². The van der Waals surface area contributed by atoms with Gasteiger partial charge >= 0.3 is 12.1 Å². The van der Waals surface area contributed by atoms with E-state index in [0.717, 1.165) is 16.0 Å². The van der Waals surface area contributed by atoms with E-state index in [0.29, 0.717) is 11.1 Å². The third-order valence-corrected chi connectivity index (χ3v) is 6.51. The molecule has 3 unspecified atom stereocenters. The molecule has 0 bridgehead atoms. The van der Waals surface area contributed by atoms with Gasteiger partial charge in [0.25, 0.3) is 5.91 Å². The molecule has 0 saturated carbocycles. The van der Waals surface area contributed by atoms with Crippen LogP contribution in [-0.2, 0) is 35.1 Å². The summed E-state index contributed by atoms with van der Waals surface area (Å²) in [6, 6.07) is 12.3. The zero-order chi connectivity index (χ0) is 34.1. The number of amides is 4. The second-order valence-electron chi connectivity index (χ2n) is 12.7. The fraction of sp³-hybridized carbons (Fsp3) is 0.441. The van der Waals surface area contributed by atoms with Crippen LogP contribution in [0.15, 0.2) is 48.5 Å². The van der Waals surface area contributed by atoms with E-state index < -0.39 is 65.5 Å². The standard InChI is InChI=1S/C34H44N4O7/c1-10-38(30(41)25(20-27(35)39)37-32(43)45-34(7,8)9)28(24-18-14-15-21(2)22(24)3)29(40)36-26(31(42)44-33(4,5)6)19-23-16-12-11-13-17-23/h1,11-18,25-26,28H,19-20H2,2-9H3,(H2,35,39)(H,36,40)(H,37,43). The van der Waals surface area contributed by atoms with Crippen molar-refractivity contribution in [1.82, 2.24) is 15.5 Å². The number of alkyl carbamates (subject to hydrolysis) is 1. The molecular formula is C34H44N4O7. The van der Waals surface area contributed by atoms with Gasteiger partial charge in [0.2, 0.25) is 11.8 Å². The largest absolute Gasteiger partial charge is 0.458 e. The first kappa shape index (κ1) is 36.3. The molecule has 45 heavy (non-hydrogen) atoms. The van der Waals surface area contributed by atoms with Gasteiger partial charge in [-0.15, -0.1) is 0 Å². The van der Waals surface area contributed by atoms with Crippen molar-refractivity contribution < 1.29 is 33.4 Å². The summed E-state index contributed by atoms with van der Waals surface area (Å²) in [7, 11) is 0. The van der Waals surface area contributed by atoms with Crippen LogP contribution in [0, 0.1) is 26.3 Å². The highest BCUT2D eigenvalue weighted by Crippen LogP contribution is 2.28. The average Bonchev–Trinajstić information content (AvgIpc) is 2.90. The molecular weight excluding hydrogens is 576 g/mol. The van der Waals surface area contributed by atoms with Gasteiger partial charge in [0.05, 0.1) is 6.42 Å². The maximum absolute atomic E-state index is 14.2. The lowest BCUT2D eigenvalue weighted by molar-refractivity contribution is -0.159. The fourth-order valence-electron chi connectivity index (χ4n) is 4.42. The number of nitrogens with two attached hydrogens (primary N) is 1. The van der Waals surface area contributed by atoms with E-state index in [1.54, 1.807) is 84.9 Å². The second kappa shape index (κ2) is 15.2. The maximum Gasteiger partial charge on any atom is 0.408 e. The molecule has 0 saturated heterocycles. The Morgan fingerprint density at radius 2 is 1.47 bits per heavy atom. The normalized spacial score (nSPS) is 13.3. The molecule has 0 aromatic heterocycles. The molecule has 0 spiro atoms. The van der Waals surface area contributed by atoms with E-state index in [1.807, 2.05) is 19.1 Å². The maximum atomic E-state index is 14.2. The van der Waals surface area contributed by atoms with E-state index in [4.69, 9.17) is 21.6 Å². The first-order valence-corrected chi connectivity index (χ1v) is 14.5. The van der Waals surface area contributed by atoms with Crippen LogP contribution in [0.3, 0.4) is 0 Å². The Morgan fingerprint density at radius 1 is 0.867 bits per heavy atom. The van der Waals surface area contributed by atoms with Gasteiger partial charge in [-0.3, -0.25) is 19.3 Å². The van der Waals surface area contributed by atoms with Crippen molar-refractivity contribution in [3.63, 3.8) is 0 Å². The number of aryl methyl sites for hydroxylation is 1. The summed E-state index contributed by atoms with van der Waals surface area (Å²) < 4.78 is 10.9. The zero-order valence-corrected chi connectivity index (χ0v) is 27.2. The van der Waals surface area contributed by atoms with E-state index in [1.165, 1.54) is 0 Å². The second-order valence-corrected chi connectivity index (χ2v) is 12.7. The minimum absolute atomic E-state index is 0.0928. The first-order valence-electron chi connectivity index (χ1n) is 14.5. The quantitative estimate of drug-likeness (QED) is 0.197. The Labute approximate surface area is 265 Å². The number of benzene rings is 2. The molecule has 4 N–H and O–H groups in total. The van der Waals surface area contributed by atoms with E-state index in [2.05, 4.69) is 16.7 Å². The molecule has 2 rings (SSSR count). The van der Waals surface area contributed by atoms with Crippen LogP contribution in [-0.4, -0.2) is 58.0 Å². The summed E-state index contributed by atoms with van der Waals surface area (Å²) in [5.74, 6) is -3.32.